The second-order valence-corrected chi connectivity index (χ2v) is 5.09. The van der Waals surface area contributed by atoms with Gasteiger partial charge in [-0.25, -0.2) is 10.2 Å². The van der Waals surface area contributed by atoms with Crippen LogP contribution in [0.25, 0.3) is 0 Å². The Bertz CT molecular complexity index is 700. The second-order valence-electron chi connectivity index (χ2n) is 5.09. The lowest BCUT2D eigenvalue weighted by molar-refractivity contribution is -0.121. The van der Waals surface area contributed by atoms with E-state index in [1.165, 1.54) is 21.0 Å². The van der Waals surface area contributed by atoms with Gasteiger partial charge in [-0.05, 0) is 13.3 Å². The lowest BCUT2D eigenvalue weighted by Gasteiger charge is -2.10. The Morgan fingerprint density at radius 3 is 2.45 bits per heavy atom. The van der Waals surface area contributed by atoms with Crippen LogP contribution in [-0.4, -0.2) is 25.9 Å². The summed E-state index contributed by atoms with van der Waals surface area (Å²) in [5, 5.41) is 13.8. The molecule has 8 heteroatoms. The second kappa shape index (κ2) is 7.58. The highest BCUT2D eigenvalue weighted by molar-refractivity contribution is 6.00. The number of unbranched alkanes of at least 4 members (excludes halogenated alkanes) is 2. The van der Waals surface area contributed by atoms with Gasteiger partial charge in [-0.3, -0.25) is 18.7 Å². The van der Waals surface area contributed by atoms with Crippen LogP contribution < -0.4 is 16.7 Å². The average Bonchev–Trinajstić information content (AvgIpc) is 2.49. The third-order valence-electron chi connectivity index (χ3n) is 3.35. The summed E-state index contributed by atoms with van der Waals surface area (Å²) in [6.45, 7) is 3.52. The van der Waals surface area contributed by atoms with Gasteiger partial charge >= 0.3 is 5.69 Å². The van der Waals surface area contributed by atoms with Crippen molar-refractivity contribution in [2.75, 3.05) is 0 Å². The number of nitrogens with one attached hydrogen (secondary N) is 1. The standard InChI is InChI=1S/C14H22N4O4/c1-5-6-7-8-10(19)16-15-9(2)11-12(20)17(3)14(22)18(4)13(11)21/h20H,5-8H2,1-4H3,(H,16,19)/b15-9-. The van der Waals surface area contributed by atoms with Gasteiger partial charge in [0.05, 0.1) is 5.71 Å². The van der Waals surface area contributed by atoms with Crippen LogP contribution in [-0.2, 0) is 18.9 Å². The molecule has 0 saturated heterocycles. The Morgan fingerprint density at radius 1 is 1.23 bits per heavy atom. The van der Waals surface area contributed by atoms with Gasteiger partial charge in [-0.15, -0.1) is 0 Å². The summed E-state index contributed by atoms with van der Waals surface area (Å²) < 4.78 is 1.82. The molecule has 0 bridgehead atoms. The van der Waals surface area contributed by atoms with E-state index in [4.69, 9.17) is 0 Å². The Labute approximate surface area is 128 Å². The highest BCUT2D eigenvalue weighted by Crippen LogP contribution is 2.09. The maximum Gasteiger partial charge on any atom is 0.333 e. The molecule has 0 radical (unpaired) electrons. The molecule has 0 aliphatic heterocycles. The van der Waals surface area contributed by atoms with E-state index in [1.807, 2.05) is 6.92 Å². The monoisotopic (exact) mass is 310 g/mol. The van der Waals surface area contributed by atoms with Gasteiger partial charge in [0.1, 0.15) is 5.56 Å². The Balaban J connectivity index is 3.02. The first-order valence-electron chi connectivity index (χ1n) is 7.13. The van der Waals surface area contributed by atoms with E-state index in [9.17, 15) is 19.5 Å². The molecule has 1 heterocycles. The van der Waals surface area contributed by atoms with E-state index >= 15 is 0 Å². The lowest BCUT2D eigenvalue weighted by Crippen LogP contribution is -2.40. The first-order chi connectivity index (χ1) is 10.3. The molecule has 0 fully saturated rings. The zero-order valence-corrected chi connectivity index (χ0v) is 13.3. The number of hydrogen-bond acceptors (Lipinski definition) is 5. The zero-order valence-electron chi connectivity index (χ0n) is 13.3. The molecule has 0 aliphatic rings. The van der Waals surface area contributed by atoms with Crippen LogP contribution in [0.1, 0.15) is 45.1 Å². The summed E-state index contributed by atoms with van der Waals surface area (Å²) in [6, 6.07) is 0. The van der Waals surface area contributed by atoms with E-state index in [0.717, 1.165) is 28.4 Å². The Hall–Kier alpha value is -2.38. The summed E-state index contributed by atoms with van der Waals surface area (Å²) in [4.78, 5) is 35.3. The van der Waals surface area contributed by atoms with Crippen LogP contribution in [0.2, 0.25) is 0 Å². The van der Waals surface area contributed by atoms with Crippen molar-refractivity contribution in [2.45, 2.75) is 39.5 Å². The summed E-state index contributed by atoms with van der Waals surface area (Å²) in [5.41, 5.74) is 1.07. The minimum Gasteiger partial charge on any atom is -0.494 e. The highest BCUT2D eigenvalue weighted by Gasteiger charge is 2.17. The first-order valence-corrected chi connectivity index (χ1v) is 7.13. The van der Waals surface area contributed by atoms with E-state index < -0.39 is 17.1 Å². The quantitative estimate of drug-likeness (QED) is 0.445. The molecule has 122 valence electrons. The molecule has 1 aromatic heterocycles. The molecule has 22 heavy (non-hydrogen) atoms. The summed E-state index contributed by atoms with van der Waals surface area (Å²) in [5.74, 6) is -0.733. The molecule has 0 atom stereocenters. The first kappa shape index (κ1) is 17.7. The average molecular weight is 310 g/mol. The molecule has 0 aliphatic carbocycles. The largest absolute Gasteiger partial charge is 0.494 e. The van der Waals surface area contributed by atoms with Crippen LogP contribution in [0, 0.1) is 0 Å². The van der Waals surface area contributed by atoms with Gasteiger partial charge < -0.3 is 5.11 Å². The summed E-state index contributed by atoms with van der Waals surface area (Å²) in [7, 11) is 2.65. The number of carbonyl (C=O) groups is 1. The third-order valence-corrected chi connectivity index (χ3v) is 3.35. The van der Waals surface area contributed by atoms with Crippen molar-refractivity contribution in [3.63, 3.8) is 0 Å². The zero-order chi connectivity index (χ0) is 16.9. The number of aromatic nitrogens is 2. The van der Waals surface area contributed by atoms with E-state index in [-0.39, 0.29) is 17.2 Å². The van der Waals surface area contributed by atoms with Crippen molar-refractivity contribution >= 4 is 11.6 Å². The normalized spacial score (nSPS) is 11.5. The molecule has 2 N–H and O–H groups in total. The fourth-order valence-electron chi connectivity index (χ4n) is 1.94. The molecule has 1 amide bonds. The van der Waals surface area contributed by atoms with E-state index in [2.05, 4.69) is 10.5 Å². The number of hydrogen-bond donors (Lipinski definition) is 2. The third kappa shape index (κ3) is 3.84. The molecular weight excluding hydrogens is 288 g/mol. The molecule has 8 nitrogen and oxygen atoms in total. The molecule has 0 saturated carbocycles. The Kier molecular flexibility index (Phi) is 6.09. The predicted octanol–water partition coefficient (Wildman–Crippen LogP) is 0.210. The minimum absolute atomic E-state index is 0.113. The number of nitrogens with zero attached hydrogens (tertiary/aromatic N) is 3. The van der Waals surface area contributed by atoms with Gasteiger partial charge in [0, 0.05) is 20.5 Å². The van der Waals surface area contributed by atoms with Gasteiger partial charge in [-0.2, -0.15) is 5.10 Å². The molecule has 0 aromatic carbocycles. The van der Waals surface area contributed by atoms with Crippen molar-refractivity contribution in [1.29, 1.82) is 0 Å². The summed E-state index contributed by atoms with van der Waals surface area (Å²) in [6.07, 6.45) is 3.08. The van der Waals surface area contributed by atoms with E-state index in [0.29, 0.717) is 6.42 Å². The van der Waals surface area contributed by atoms with Crippen molar-refractivity contribution in [2.24, 2.45) is 19.2 Å². The highest BCUT2D eigenvalue weighted by atomic mass is 16.3. The maximum atomic E-state index is 12.1. The van der Waals surface area contributed by atoms with Crippen molar-refractivity contribution in [3.05, 3.63) is 26.4 Å². The number of carbonyl (C=O) groups excluding carboxylic acids is 1. The SMILES string of the molecule is CCCCCC(=O)N/N=C(/C)c1c(O)n(C)c(=O)n(C)c1=O. The van der Waals surface area contributed by atoms with Crippen LogP contribution in [0.15, 0.2) is 14.7 Å². The fourth-order valence-corrected chi connectivity index (χ4v) is 1.94. The van der Waals surface area contributed by atoms with Crippen LogP contribution in [0.5, 0.6) is 5.88 Å². The van der Waals surface area contributed by atoms with Gasteiger partial charge in [0.25, 0.3) is 5.56 Å². The molecule has 0 spiro atoms. The van der Waals surface area contributed by atoms with E-state index in [1.54, 1.807) is 0 Å². The number of hydrazone groups is 1. The lowest BCUT2D eigenvalue weighted by atomic mass is 10.2. The molecule has 1 rings (SSSR count). The van der Waals surface area contributed by atoms with Crippen LogP contribution >= 0.6 is 0 Å². The Morgan fingerprint density at radius 2 is 1.86 bits per heavy atom. The molecule has 0 unspecified atom stereocenters. The van der Waals surface area contributed by atoms with Gasteiger partial charge in [-0.1, -0.05) is 19.8 Å². The van der Waals surface area contributed by atoms with Gasteiger partial charge in [0.2, 0.25) is 11.8 Å². The van der Waals surface area contributed by atoms with Crippen molar-refractivity contribution < 1.29 is 9.90 Å². The fraction of sp³-hybridized carbons (Fsp3) is 0.571. The number of rotatable bonds is 6. The van der Waals surface area contributed by atoms with Crippen LogP contribution in [0.4, 0.5) is 0 Å². The van der Waals surface area contributed by atoms with Crippen molar-refractivity contribution in [1.82, 2.24) is 14.6 Å². The van der Waals surface area contributed by atoms with Crippen LogP contribution in [0.3, 0.4) is 0 Å². The number of aromatic hydroxyl groups is 1. The summed E-state index contributed by atoms with van der Waals surface area (Å²) >= 11 is 0. The topological polar surface area (TPSA) is 106 Å². The van der Waals surface area contributed by atoms with Crippen molar-refractivity contribution in [3.8, 4) is 5.88 Å². The molecule has 1 aromatic rings. The molecular formula is C14H22N4O4. The minimum atomic E-state index is -0.665. The number of amides is 1. The van der Waals surface area contributed by atoms with Gasteiger partial charge in [0.15, 0.2) is 0 Å². The predicted molar refractivity (Wildman–Crippen MR) is 83.1 cm³/mol. The maximum absolute atomic E-state index is 12.1. The smallest absolute Gasteiger partial charge is 0.333 e.